The van der Waals surface area contributed by atoms with Crippen LogP contribution in [0.25, 0.3) is 11.1 Å². The highest BCUT2D eigenvalue weighted by Crippen LogP contribution is 2.47. The van der Waals surface area contributed by atoms with E-state index in [4.69, 9.17) is 5.73 Å². The summed E-state index contributed by atoms with van der Waals surface area (Å²) >= 11 is 0. The fraction of sp³-hybridized carbons (Fsp3) is 0.517. The Kier molecular flexibility index (Phi) is 7.73. The largest absolute Gasteiger partial charge is 0.397 e. The third-order valence-electron chi connectivity index (χ3n) is 7.08. The molecule has 0 amide bonds. The molecule has 0 saturated heterocycles. The number of halogens is 1. The molecule has 0 bridgehead atoms. The molecule has 7 heteroatoms. The van der Waals surface area contributed by atoms with Gasteiger partial charge in [-0.1, -0.05) is 30.9 Å². The van der Waals surface area contributed by atoms with E-state index in [-0.39, 0.29) is 11.4 Å². The Hall–Kier alpha value is -3.27. The first-order valence-corrected chi connectivity index (χ1v) is 13.0. The Bertz CT molecular complexity index is 1160. The van der Waals surface area contributed by atoms with Crippen molar-refractivity contribution >= 4 is 22.5 Å². The molecule has 1 aromatic heterocycles. The molecular weight excluding hydrogens is 453 g/mol. The second-order valence-electron chi connectivity index (χ2n) is 11.1. The van der Waals surface area contributed by atoms with Crippen molar-refractivity contribution in [2.24, 2.45) is 5.18 Å². The summed E-state index contributed by atoms with van der Waals surface area (Å²) in [7, 11) is 0. The lowest BCUT2D eigenvalue weighted by Gasteiger charge is -2.39. The number of nitrogens with two attached hydrogens (primary N) is 1. The number of hydrogen-bond acceptors (Lipinski definition) is 6. The minimum absolute atomic E-state index is 0.280. The average Bonchev–Trinajstić information content (AvgIpc) is 3.71. The van der Waals surface area contributed by atoms with Crippen molar-refractivity contribution in [2.75, 3.05) is 17.2 Å². The average molecular weight is 490 g/mol. The van der Waals surface area contributed by atoms with Gasteiger partial charge in [-0.15, -0.1) is 0 Å². The van der Waals surface area contributed by atoms with Gasteiger partial charge in [0.1, 0.15) is 11.9 Å². The molecule has 0 radical (unpaired) electrons. The van der Waals surface area contributed by atoms with Crippen molar-refractivity contribution in [2.45, 2.75) is 89.6 Å². The Labute approximate surface area is 213 Å². The molecule has 1 aliphatic heterocycles. The highest BCUT2D eigenvalue weighted by atomic mass is 19.1. The van der Waals surface area contributed by atoms with Crippen LogP contribution in [0.15, 0.2) is 35.6 Å². The lowest BCUT2D eigenvalue weighted by atomic mass is 9.88. The fourth-order valence-corrected chi connectivity index (χ4v) is 5.04. The summed E-state index contributed by atoms with van der Waals surface area (Å²) in [5.41, 5.74) is 10.4. The van der Waals surface area contributed by atoms with Crippen molar-refractivity contribution < 1.29 is 4.39 Å². The molecule has 2 aromatic rings. The van der Waals surface area contributed by atoms with Crippen LogP contribution in [-0.4, -0.2) is 23.1 Å². The lowest BCUT2D eigenvalue weighted by Crippen LogP contribution is -2.39. The van der Waals surface area contributed by atoms with E-state index < -0.39 is 0 Å². The first kappa shape index (κ1) is 25.8. The highest BCUT2D eigenvalue weighted by molar-refractivity contribution is 6.04. The van der Waals surface area contributed by atoms with E-state index in [0.29, 0.717) is 41.0 Å². The molecule has 0 atom stereocenters. The van der Waals surface area contributed by atoms with Crippen molar-refractivity contribution in [3.05, 3.63) is 58.0 Å². The summed E-state index contributed by atoms with van der Waals surface area (Å²) in [5, 5.41) is 12.8. The number of nitriles is 1. The van der Waals surface area contributed by atoms with Gasteiger partial charge < -0.3 is 10.6 Å². The third kappa shape index (κ3) is 5.92. The summed E-state index contributed by atoms with van der Waals surface area (Å²) in [6, 6.07) is 10.1. The number of benzene rings is 1. The molecule has 2 saturated carbocycles. The Morgan fingerprint density at radius 1 is 1.11 bits per heavy atom. The molecule has 2 N–H and O–H groups in total. The second kappa shape index (κ2) is 10.8. The molecule has 2 fully saturated rings. The van der Waals surface area contributed by atoms with Gasteiger partial charge in [-0.3, -0.25) is 4.98 Å². The predicted molar refractivity (Wildman–Crippen MR) is 144 cm³/mol. The number of allylic oxidation sites excluding steroid dienone is 1. The molecular formula is C29H36FN5O. The molecule has 5 rings (SSSR count). The van der Waals surface area contributed by atoms with Gasteiger partial charge in [-0.25, -0.2) is 4.39 Å². The summed E-state index contributed by atoms with van der Waals surface area (Å²) in [6.07, 6.45) is 11.0. The van der Waals surface area contributed by atoms with Crippen molar-refractivity contribution in [1.82, 2.24) is 4.98 Å². The highest BCUT2D eigenvalue weighted by Gasteiger charge is 2.35. The number of nitrogens with zero attached hydrogens (tertiary/aromatic N) is 4. The number of pyridine rings is 1. The zero-order valence-corrected chi connectivity index (χ0v) is 21.6. The van der Waals surface area contributed by atoms with E-state index in [1.54, 1.807) is 39.1 Å². The van der Waals surface area contributed by atoms with Gasteiger partial charge in [-0.05, 0) is 82.2 Å². The smallest absolute Gasteiger partial charge is 0.134 e. The standard InChI is InChI=1S/C25H27FN4.C4H9NO/c26-22-11-17(16-7-8-16)12-24-25(22)20(13-27)21(23-10-9-18(28)14-29-23)15-30(24)19-5-3-1-2-4-6-19;1-4(2,3)5-6/h9-12,14,16,19H,1-8,15,28H2;1-3H3. The Balaban J connectivity index is 0.000000455. The molecule has 2 aliphatic carbocycles. The summed E-state index contributed by atoms with van der Waals surface area (Å²) in [6.45, 7) is 5.88. The van der Waals surface area contributed by atoms with E-state index in [0.717, 1.165) is 42.5 Å². The van der Waals surface area contributed by atoms with Crippen LogP contribution in [0.3, 0.4) is 0 Å². The fourth-order valence-electron chi connectivity index (χ4n) is 5.04. The topological polar surface area (TPSA) is 95.4 Å². The van der Waals surface area contributed by atoms with Crippen LogP contribution < -0.4 is 10.6 Å². The molecule has 36 heavy (non-hydrogen) atoms. The molecule has 3 aliphatic rings. The third-order valence-corrected chi connectivity index (χ3v) is 7.08. The van der Waals surface area contributed by atoms with Crippen LogP contribution in [0.1, 0.15) is 94.9 Å². The van der Waals surface area contributed by atoms with Crippen LogP contribution in [0, 0.1) is 22.1 Å². The zero-order chi connectivity index (χ0) is 25.9. The molecule has 190 valence electrons. The molecule has 1 aromatic carbocycles. The second-order valence-corrected chi connectivity index (χ2v) is 11.1. The number of nitrogen functional groups attached to an aromatic ring is 1. The quantitative estimate of drug-likeness (QED) is 0.363. The first-order chi connectivity index (χ1) is 17.2. The van der Waals surface area contributed by atoms with Crippen LogP contribution in [-0.2, 0) is 0 Å². The van der Waals surface area contributed by atoms with E-state index in [2.05, 4.69) is 27.2 Å². The summed E-state index contributed by atoms with van der Waals surface area (Å²) < 4.78 is 15.5. The minimum atomic E-state index is -0.389. The van der Waals surface area contributed by atoms with Crippen molar-refractivity contribution in [3.8, 4) is 6.07 Å². The van der Waals surface area contributed by atoms with Gasteiger partial charge in [0, 0.05) is 23.8 Å². The SMILES string of the molecule is CC(C)(C)N=O.N#CC1=C(c2ccc(N)cn2)CN(C2CCCCCC2)c2cc(C3CC3)cc(F)c21. The Morgan fingerprint density at radius 3 is 2.31 bits per heavy atom. The predicted octanol–water partition coefficient (Wildman–Crippen LogP) is 7.21. The van der Waals surface area contributed by atoms with E-state index in [1.807, 2.05) is 6.07 Å². The zero-order valence-electron chi connectivity index (χ0n) is 21.6. The molecule has 6 nitrogen and oxygen atoms in total. The molecule has 2 heterocycles. The maximum absolute atomic E-state index is 15.5. The normalized spacial score (nSPS) is 18.5. The van der Waals surface area contributed by atoms with Crippen LogP contribution in [0.2, 0.25) is 0 Å². The van der Waals surface area contributed by atoms with Crippen molar-refractivity contribution in [3.63, 3.8) is 0 Å². The van der Waals surface area contributed by atoms with Crippen LogP contribution in [0.5, 0.6) is 0 Å². The molecule has 0 unspecified atom stereocenters. The van der Waals surface area contributed by atoms with Crippen molar-refractivity contribution in [1.29, 1.82) is 5.26 Å². The van der Waals surface area contributed by atoms with E-state index >= 15 is 4.39 Å². The number of anilines is 2. The Morgan fingerprint density at radius 2 is 1.78 bits per heavy atom. The maximum Gasteiger partial charge on any atom is 0.134 e. The number of rotatable bonds is 3. The van der Waals surface area contributed by atoms with Crippen LogP contribution >= 0.6 is 0 Å². The van der Waals surface area contributed by atoms with Gasteiger partial charge in [0.2, 0.25) is 0 Å². The monoisotopic (exact) mass is 489 g/mol. The minimum Gasteiger partial charge on any atom is -0.397 e. The van der Waals surface area contributed by atoms with Gasteiger partial charge in [0.05, 0.1) is 34.3 Å². The van der Waals surface area contributed by atoms with Gasteiger partial charge in [0.15, 0.2) is 0 Å². The van der Waals surface area contributed by atoms with E-state index in [1.165, 1.54) is 25.7 Å². The van der Waals surface area contributed by atoms with Crippen LogP contribution in [0.4, 0.5) is 15.8 Å². The first-order valence-electron chi connectivity index (χ1n) is 13.0. The van der Waals surface area contributed by atoms with E-state index in [9.17, 15) is 10.2 Å². The van der Waals surface area contributed by atoms with Gasteiger partial charge in [0.25, 0.3) is 0 Å². The summed E-state index contributed by atoms with van der Waals surface area (Å²) in [4.78, 5) is 16.4. The maximum atomic E-state index is 15.5. The summed E-state index contributed by atoms with van der Waals surface area (Å²) in [5.74, 6) is 0.188. The lowest BCUT2D eigenvalue weighted by molar-refractivity contribution is 0.537. The molecule has 0 spiro atoms. The number of hydrogen-bond donors (Lipinski definition) is 1. The number of fused-ring (bicyclic) bond motifs is 1. The number of aromatic nitrogens is 1. The van der Waals surface area contributed by atoms with Gasteiger partial charge >= 0.3 is 0 Å². The number of nitroso groups, excluding NO2 is 1. The van der Waals surface area contributed by atoms with Gasteiger partial charge in [-0.2, -0.15) is 10.2 Å².